The third-order valence-electron chi connectivity index (χ3n) is 3.83. The van der Waals surface area contributed by atoms with Gasteiger partial charge in [0.2, 0.25) is 0 Å². The minimum atomic E-state index is -0.257. The molecule has 0 aliphatic rings. The van der Waals surface area contributed by atoms with Crippen LogP contribution in [0.2, 0.25) is 0 Å². The quantitative estimate of drug-likeness (QED) is 0.517. The molecule has 0 unspecified atom stereocenters. The first-order valence-electron chi connectivity index (χ1n) is 9.03. The summed E-state index contributed by atoms with van der Waals surface area (Å²) < 4.78 is 11.4. The Hall–Kier alpha value is -3.06. The molecular weight excluding hydrogens is 374 g/mol. The number of thiazole rings is 1. The topological polar surface area (TPSA) is 72.5 Å². The molecule has 0 aliphatic heterocycles. The second kappa shape index (κ2) is 10.3. The molecule has 0 fully saturated rings. The zero-order valence-corrected chi connectivity index (χ0v) is 16.5. The molecule has 0 atom stereocenters. The maximum atomic E-state index is 12.0. The molecule has 1 aromatic heterocycles. The van der Waals surface area contributed by atoms with E-state index in [0.717, 1.165) is 23.4 Å². The van der Waals surface area contributed by atoms with Gasteiger partial charge in [0.05, 0.1) is 17.8 Å². The van der Waals surface area contributed by atoms with E-state index in [2.05, 4.69) is 15.6 Å². The van der Waals surface area contributed by atoms with Crippen LogP contribution in [0.3, 0.4) is 0 Å². The summed E-state index contributed by atoms with van der Waals surface area (Å²) in [6, 6.07) is 14.9. The van der Waals surface area contributed by atoms with Gasteiger partial charge in [-0.15, -0.1) is 11.3 Å². The first-order valence-corrected chi connectivity index (χ1v) is 9.97. The second-order valence-corrected chi connectivity index (χ2v) is 6.91. The molecule has 3 rings (SSSR count). The average Bonchev–Trinajstić information content (AvgIpc) is 3.20. The van der Waals surface area contributed by atoms with Gasteiger partial charge in [-0.05, 0) is 43.2 Å². The highest BCUT2D eigenvalue weighted by atomic mass is 32.1. The first-order chi connectivity index (χ1) is 13.7. The number of nitrogens with one attached hydrogen (secondary N) is 2. The SMILES string of the molecule is Cc1cccc(OCCCNC(=O)Nc2cccc(OCc3cscn3)c2)c1. The lowest BCUT2D eigenvalue weighted by Gasteiger charge is -2.10. The van der Waals surface area contributed by atoms with E-state index in [-0.39, 0.29) is 6.03 Å². The maximum Gasteiger partial charge on any atom is 0.319 e. The van der Waals surface area contributed by atoms with Crippen LogP contribution in [0.1, 0.15) is 17.7 Å². The summed E-state index contributed by atoms with van der Waals surface area (Å²) in [7, 11) is 0. The Kier molecular flexibility index (Phi) is 7.26. The Labute approximate surface area is 168 Å². The smallest absolute Gasteiger partial charge is 0.319 e. The number of urea groups is 1. The summed E-state index contributed by atoms with van der Waals surface area (Å²) in [4.78, 5) is 16.2. The van der Waals surface area contributed by atoms with Crippen LogP contribution in [0.25, 0.3) is 0 Å². The summed E-state index contributed by atoms with van der Waals surface area (Å²) in [6.07, 6.45) is 0.720. The molecular formula is C21H23N3O3S. The first kappa shape index (κ1) is 19.7. The van der Waals surface area contributed by atoms with Gasteiger partial charge in [0, 0.05) is 23.7 Å². The summed E-state index contributed by atoms with van der Waals surface area (Å²) in [5, 5.41) is 7.57. The van der Waals surface area contributed by atoms with Crippen molar-refractivity contribution in [3.63, 3.8) is 0 Å². The number of nitrogens with zero attached hydrogens (tertiary/aromatic N) is 1. The minimum absolute atomic E-state index is 0.257. The monoisotopic (exact) mass is 397 g/mol. The number of hydrogen-bond donors (Lipinski definition) is 2. The molecule has 0 spiro atoms. The number of hydrogen-bond acceptors (Lipinski definition) is 5. The maximum absolute atomic E-state index is 12.0. The van der Waals surface area contributed by atoms with Crippen molar-refractivity contribution in [1.82, 2.24) is 10.3 Å². The van der Waals surface area contributed by atoms with Crippen LogP contribution in [0.5, 0.6) is 11.5 Å². The number of amides is 2. The van der Waals surface area contributed by atoms with Gasteiger partial charge in [0.25, 0.3) is 0 Å². The van der Waals surface area contributed by atoms with Crippen LogP contribution < -0.4 is 20.1 Å². The van der Waals surface area contributed by atoms with E-state index in [9.17, 15) is 4.79 Å². The zero-order chi connectivity index (χ0) is 19.6. The van der Waals surface area contributed by atoms with Gasteiger partial charge >= 0.3 is 6.03 Å². The van der Waals surface area contributed by atoms with Gasteiger partial charge < -0.3 is 20.1 Å². The van der Waals surface area contributed by atoms with E-state index < -0.39 is 0 Å². The molecule has 0 radical (unpaired) electrons. The molecule has 0 saturated carbocycles. The van der Waals surface area contributed by atoms with E-state index in [0.29, 0.717) is 31.2 Å². The van der Waals surface area contributed by atoms with Gasteiger partial charge in [-0.1, -0.05) is 18.2 Å². The predicted molar refractivity (Wildman–Crippen MR) is 111 cm³/mol. The summed E-state index contributed by atoms with van der Waals surface area (Å²) in [5.41, 5.74) is 4.48. The molecule has 0 bridgehead atoms. The van der Waals surface area contributed by atoms with Gasteiger partial charge in [0.15, 0.2) is 0 Å². The Morgan fingerprint density at radius 2 is 1.93 bits per heavy atom. The van der Waals surface area contributed by atoms with Crippen LogP contribution in [0.4, 0.5) is 10.5 Å². The normalized spacial score (nSPS) is 10.3. The van der Waals surface area contributed by atoms with Crippen LogP contribution in [-0.4, -0.2) is 24.2 Å². The number of aromatic nitrogens is 1. The minimum Gasteiger partial charge on any atom is -0.494 e. The molecule has 28 heavy (non-hydrogen) atoms. The molecule has 0 saturated heterocycles. The van der Waals surface area contributed by atoms with Crippen molar-refractivity contribution in [2.75, 3.05) is 18.5 Å². The molecule has 2 aromatic carbocycles. The predicted octanol–water partition coefficient (Wildman–Crippen LogP) is 4.62. The fourth-order valence-electron chi connectivity index (χ4n) is 2.47. The Morgan fingerprint density at radius 3 is 2.71 bits per heavy atom. The van der Waals surface area contributed by atoms with Gasteiger partial charge in [-0.2, -0.15) is 0 Å². The van der Waals surface area contributed by atoms with Gasteiger partial charge in [-0.3, -0.25) is 0 Å². The van der Waals surface area contributed by atoms with E-state index >= 15 is 0 Å². The Balaban J connectivity index is 1.35. The molecule has 7 heteroatoms. The molecule has 0 aliphatic carbocycles. The van der Waals surface area contributed by atoms with Crippen molar-refractivity contribution in [3.8, 4) is 11.5 Å². The number of aryl methyl sites for hydroxylation is 1. The fourth-order valence-corrected chi connectivity index (χ4v) is 3.02. The van der Waals surface area contributed by atoms with Crippen LogP contribution in [0, 0.1) is 6.92 Å². The van der Waals surface area contributed by atoms with Crippen molar-refractivity contribution in [2.24, 2.45) is 0 Å². The Bertz CT molecular complexity index is 884. The van der Waals surface area contributed by atoms with E-state index in [1.54, 1.807) is 11.6 Å². The fraction of sp³-hybridized carbons (Fsp3) is 0.238. The standard InChI is InChI=1S/C21H23N3O3S/c1-16-5-2-7-19(11-16)26-10-4-9-22-21(25)24-17-6-3-8-20(12-17)27-13-18-14-28-15-23-18/h2-3,5-8,11-12,14-15H,4,9-10,13H2,1H3,(H2,22,24,25). The lowest BCUT2D eigenvalue weighted by atomic mass is 10.2. The van der Waals surface area contributed by atoms with Crippen molar-refractivity contribution >= 4 is 23.1 Å². The molecule has 2 N–H and O–H groups in total. The van der Waals surface area contributed by atoms with Gasteiger partial charge in [-0.25, -0.2) is 9.78 Å². The van der Waals surface area contributed by atoms with E-state index in [1.165, 1.54) is 11.3 Å². The van der Waals surface area contributed by atoms with Gasteiger partial charge in [0.1, 0.15) is 18.1 Å². The third kappa shape index (κ3) is 6.59. The number of anilines is 1. The highest BCUT2D eigenvalue weighted by molar-refractivity contribution is 7.07. The highest BCUT2D eigenvalue weighted by Crippen LogP contribution is 2.18. The van der Waals surface area contributed by atoms with Crippen LogP contribution in [0.15, 0.2) is 59.4 Å². The van der Waals surface area contributed by atoms with Crippen molar-refractivity contribution in [2.45, 2.75) is 20.0 Å². The van der Waals surface area contributed by atoms with Crippen molar-refractivity contribution in [3.05, 3.63) is 70.7 Å². The lowest BCUT2D eigenvalue weighted by Crippen LogP contribution is -2.30. The van der Waals surface area contributed by atoms with E-state index in [4.69, 9.17) is 9.47 Å². The lowest BCUT2D eigenvalue weighted by molar-refractivity contribution is 0.250. The molecule has 6 nitrogen and oxygen atoms in total. The Morgan fingerprint density at radius 1 is 1.11 bits per heavy atom. The zero-order valence-electron chi connectivity index (χ0n) is 15.7. The molecule has 146 valence electrons. The van der Waals surface area contributed by atoms with Crippen molar-refractivity contribution < 1.29 is 14.3 Å². The summed E-state index contributed by atoms with van der Waals surface area (Å²) in [5.74, 6) is 1.52. The summed E-state index contributed by atoms with van der Waals surface area (Å²) >= 11 is 1.53. The van der Waals surface area contributed by atoms with Crippen LogP contribution in [-0.2, 0) is 6.61 Å². The summed E-state index contributed by atoms with van der Waals surface area (Å²) in [6.45, 7) is 3.50. The van der Waals surface area contributed by atoms with E-state index in [1.807, 2.05) is 54.8 Å². The number of benzene rings is 2. The highest BCUT2D eigenvalue weighted by Gasteiger charge is 2.04. The number of carbonyl (C=O) groups is 1. The molecule has 2 amide bonds. The third-order valence-corrected chi connectivity index (χ3v) is 4.46. The molecule has 1 heterocycles. The molecule has 3 aromatic rings. The number of rotatable bonds is 9. The largest absolute Gasteiger partial charge is 0.494 e. The number of ether oxygens (including phenoxy) is 2. The number of carbonyl (C=O) groups excluding carboxylic acids is 1. The second-order valence-electron chi connectivity index (χ2n) is 6.20. The van der Waals surface area contributed by atoms with Crippen LogP contribution >= 0.6 is 11.3 Å². The average molecular weight is 398 g/mol. The van der Waals surface area contributed by atoms with Crippen molar-refractivity contribution in [1.29, 1.82) is 0 Å².